The molecule has 208 valence electrons. The second kappa shape index (κ2) is 18.7. The van der Waals surface area contributed by atoms with Gasteiger partial charge < -0.3 is 24.5 Å². The largest absolute Gasteiger partial charge is 1.00 e. The monoisotopic (exact) mass is 550 g/mol. The Morgan fingerprint density at radius 3 is 1.43 bits per heavy atom. The molecule has 0 aromatic rings. The van der Waals surface area contributed by atoms with E-state index in [0.717, 1.165) is 25.7 Å². The van der Waals surface area contributed by atoms with Crippen LogP contribution in [0.3, 0.4) is 0 Å². The van der Waals surface area contributed by atoms with Gasteiger partial charge in [-0.05, 0) is 67.6 Å². The van der Waals surface area contributed by atoms with Crippen LogP contribution in [0.15, 0.2) is 0 Å². The van der Waals surface area contributed by atoms with Gasteiger partial charge in [-0.2, -0.15) is 0 Å². The minimum Gasteiger partial charge on any atom is -0.550 e. The maximum atomic E-state index is 11.6. The molecule has 8 nitrogen and oxygen atoms in total. The van der Waals surface area contributed by atoms with Crippen molar-refractivity contribution in [2.24, 2.45) is 35.5 Å². The molecule has 0 bridgehead atoms. The van der Waals surface area contributed by atoms with E-state index in [4.69, 9.17) is 14.6 Å². The minimum atomic E-state index is -1.20. The van der Waals surface area contributed by atoms with E-state index in [9.17, 15) is 24.3 Å². The van der Waals surface area contributed by atoms with E-state index < -0.39 is 17.9 Å². The minimum absolute atomic E-state index is 0. The molecule has 0 spiro atoms. The molecular formula is C28H47KO8. The van der Waals surface area contributed by atoms with Crippen molar-refractivity contribution in [1.82, 2.24) is 0 Å². The first kappa shape index (κ1) is 36.5. The van der Waals surface area contributed by atoms with Gasteiger partial charge >= 0.3 is 69.3 Å². The van der Waals surface area contributed by atoms with Gasteiger partial charge in [0.2, 0.25) is 0 Å². The van der Waals surface area contributed by atoms with Crippen LogP contribution in [0, 0.1) is 35.5 Å². The van der Waals surface area contributed by atoms with Gasteiger partial charge in [0.1, 0.15) is 12.2 Å². The summed E-state index contributed by atoms with van der Waals surface area (Å²) >= 11 is 0. The number of hydrogen-bond donors (Lipinski definition) is 1. The molecule has 37 heavy (non-hydrogen) atoms. The molecule has 6 unspecified atom stereocenters. The number of hydrogen-bond acceptors (Lipinski definition) is 7. The third-order valence-corrected chi connectivity index (χ3v) is 7.56. The quantitative estimate of drug-likeness (QED) is 0.319. The summed E-state index contributed by atoms with van der Waals surface area (Å²) in [6.45, 7) is 12.9. The first-order valence-corrected chi connectivity index (χ1v) is 13.6. The van der Waals surface area contributed by atoms with Crippen LogP contribution < -0.4 is 56.5 Å². The summed E-state index contributed by atoms with van der Waals surface area (Å²) in [4.78, 5) is 43.9. The van der Waals surface area contributed by atoms with Crippen molar-refractivity contribution in [3.63, 3.8) is 0 Å². The molecule has 2 rings (SSSR count). The molecule has 0 amide bonds. The molecule has 0 aromatic heterocycles. The Balaban J connectivity index is 0.000000682. The summed E-state index contributed by atoms with van der Waals surface area (Å²) < 4.78 is 10.9. The summed E-state index contributed by atoms with van der Waals surface area (Å²) in [6.07, 6.45) is 5.73. The van der Waals surface area contributed by atoms with Crippen LogP contribution in [-0.2, 0) is 28.7 Å². The van der Waals surface area contributed by atoms with Crippen LogP contribution in [0.5, 0.6) is 0 Å². The number of carbonyl (C=O) groups excluding carboxylic acids is 3. The molecule has 0 heterocycles. The standard InChI is InChI=1S/2C14H24O4.K/c2*1-9(2)11-5-4-10(3)8-12(11)18-14(17)7-6-13(15)16;/h2*9-12H,4-8H2,1-3H3,(H,15,16);/q;;+1/p-1. The molecule has 0 aromatic carbocycles. The van der Waals surface area contributed by atoms with Crippen LogP contribution in [-0.4, -0.2) is 41.2 Å². The zero-order chi connectivity index (χ0) is 27.4. The second-order valence-corrected chi connectivity index (χ2v) is 11.5. The summed E-state index contributed by atoms with van der Waals surface area (Å²) in [6, 6.07) is 0. The Morgan fingerprint density at radius 1 is 0.730 bits per heavy atom. The predicted octanol–water partition coefficient (Wildman–Crippen LogP) is 1.38. The van der Waals surface area contributed by atoms with Crippen LogP contribution >= 0.6 is 0 Å². The van der Waals surface area contributed by atoms with E-state index in [1.54, 1.807) is 0 Å². The third kappa shape index (κ3) is 15.0. The Kier molecular flexibility index (Phi) is 18.5. The molecule has 0 saturated heterocycles. The molecule has 1 N–H and O–H groups in total. The van der Waals surface area contributed by atoms with Crippen molar-refractivity contribution in [2.45, 2.75) is 118 Å². The molecule has 2 saturated carbocycles. The summed E-state index contributed by atoms with van der Waals surface area (Å²) in [5, 5.41) is 18.8. The zero-order valence-corrected chi connectivity index (χ0v) is 27.1. The zero-order valence-electron chi connectivity index (χ0n) is 24.0. The maximum absolute atomic E-state index is 11.6. The van der Waals surface area contributed by atoms with Crippen molar-refractivity contribution in [3.05, 3.63) is 0 Å². The number of carbonyl (C=O) groups is 4. The average Bonchev–Trinajstić information content (AvgIpc) is 2.76. The maximum Gasteiger partial charge on any atom is 1.00 e. The second-order valence-electron chi connectivity index (χ2n) is 11.5. The third-order valence-electron chi connectivity index (χ3n) is 7.56. The van der Waals surface area contributed by atoms with Crippen molar-refractivity contribution < 1.29 is 90.2 Å². The average molecular weight is 551 g/mol. The van der Waals surface area contributed by atoms with Gasteiger partial charge in [0.15, 0.2) is 0 Å². The predicted molar refractivity (Wildman–Crippen MR) is 134 cm³/mol. The normalized spacial score (nSPS) is 27.4. The van der Waals surface area contributed by atoms with Crippen LogP contribution in [0.4, 0.5) is 0 Å². The molecular weight excluding hydrogens is 503 g/mol. The van der Waals surface area contributed by atoms with Gasteiger partial charge in [0.25, 0.3) is 0 Å². The molecule has 6 atom stereocenters. The van der Waals surface area contributed by atoms with Crippen molar-refractivity contribution in [3.8, 4) is 0 Å². The van der Waals surface area contributed by atoms with E-state index in [0.29, 0.717) is 35.5 Å². The van der Waals surface area contributed by atoms with Gasteiger partial charge in [-0.15, -0.1) is 0 Å². The summed E-state index contributed by atoms with van der Waals surface area (Å²) in [5.41, 5.74) is 0. The molecule has 0 aliphatic heterocycles. The first-order valence-electron chi connectivity index (χ1n) is 13.6. The Labute approximate surface area is 265 Å². The van der Waals surface area contributed by atoms with Gasteiger partial charge in [-0.25, -0.2) is 0 Å². The number of rotatable bonds is 10. The fraction of sp³-hybridized carbons (Fsp3) is 0.857. The molecule has 0 radical (unpaired) electrons. The van der Waals surface area contributed by atoms with Gasteiger partial charge in [0.05, 0.1) is 19.3 Å². The molecule has 2 fully saturated rings. The van der Waals surface area contributed by atoms with E-state index in [2.05, 4.69) is 41.5 Å². The summed E-state index contributed by atoms with van der Waals surface area (Å²) in [5.74, 6) is -0.00893. The van der Waals surface area contributed by atoms with E-state index in [1.807, 2.05) is 0 Å². The first-order chi connectivity index (χ1) is 16.8. The fourth-order valence-corrected chi connectivity index (χ4v) is 5.37. The summed E-state index contributed by atoms with van der Waals surface area (Å²) in [7, 11) is 0. The number of carboxylic acids is 2. The number of ether oxygens (including phenoxy) is 2. The van der Waals surface area contributed by atoms with Crippen molar-refractivity contribution in [1.29, 1.82) is 0 Å². The van der Waals surface area contributed by atoms with Gasteiger partial charge in [0, 0.05) is 5.97 Å². The molecule has 2 aliphatic carbocycles. The Morgan fingerprint density at radius 2 is 1.11 bits per heavy atom. The van der Waals surface area contributed by atoms with Crippen molar-refractivity contribution >= 4 is 23.9 Å². The Bertz CT molecular complexity index is 663. The van der Waals surface area contributed by atoms with E-state index in [-0.39, 0.29) is 95.2 Å². The van der Waals surface area contributed by atoms with Crippen LogP contribution in [0.1, 0.15) is 106 Å². The van der Waals surface area contributed by atoms with Crippen LogP contribution in [0.25, 0.3) is 0 Å². The molecule has 2 aliphatic rings. The number of aliphatic carboxylic acids is 2. The van der Waals surface area contributed by atoms with E-state index >= 15 is 0 Å². The number of carboxylic acid groups (broad SMARTS) is 2. The SMILES string of the molecule is CC1CCC(C(C)C)C(OC(=O)CCC(=O)O)C1.CC1CCC(C(C)C)C(OC(=O)CCC(=O)[O-])C1.[K+]. The van der Waals surface area contributed by atoms with Crippen molar-refractivity contribution in [2.75, 3.05) is 0 Å². The topological polar surface area (TPSA) is 130 Å². The van der Waals surface area contributed by atoms with E-state index in [1.165, 1.54) is 12.8 Å². The smallest absolute Gasteiger partial charge is 0.550 e. The Hall–Kier alpha value is -0.484. The molecule has 9 heteroatoms. The number of esters is 2. The van der Waals surface area contributed by atoms with Crippen LogP contribution in [0.2, 0.25) is 0 Å². The fourth-order valence-electron chi connectivity index (χ4n) is 5.37. The van der Waals surface area contributed by atoms with Gasteiger partial charge in [-0.1, -0.05) is 54.4 Å². The van der Waals surface area contributed by atoms with Gasteiger partial charge in [-0.3, -0.25) is 14.4 Å².